The third-order valence-corrected chi connectivity index (χ3v) is 3.98. The monoisotopic (exact) mass is 402 g/mol. The van der Waals surface area contributed by atoms with E-state index in [0.29, 0.717) is 18.5 Å². The zero-order valence-electron chi connectivity index (χ0n) is 13.0. The van der Waals surface area contributed by atoms with E-state index in [2.05, 4.69) is 53.3 Å². The molecule has 5 heteroatoms. The summed E-state index contributed by atoms with van der Waals surface area (Å²) >= 11 is 0. The predicted octanol–water partition coefficient (Wildman–Crippen LogP) is 2.50. The molecule has 1 aromatic carbocycles. The highest BCUT2D eigenvalue weighted by atomic mass is 127. The topological polar surface area (TPSA) is 53.6 Å². The van der Waals surface area contributed by atoms with Crippen LogP contribution in [0.15, 0.2) is 29.3 Å². The van der Waals surface area contributed by atoms with Crippen LogP contribution in [0.4, 0.5) is 0 Å². The van der Waals surface area contributed by atoms with E-state index >= 15 is 0 Å². The fourth-order valence-electron chi connectivity index (χ4n) is 2.69. The van der Waals surface area contributed by atoms with Gasteiger partial charge in [-0.05, 0) is 38.4 Å². The van der Waals surface area contributed by atoms with Gasteiger partial charge in [0.15, 0.2) is 5.96 Å². The summed E-state index contributed by atoms with van der Waals surface area (Å²) in [5.74, 6) is 0.550. The van der Waals surface area contributed by atoms with Crippen molar-refractivity contribution in [1.82, 2.24) is 10.2 Å². The number of halogens is 1. The standard InChI is InChI=1S/C16H26N4.HI/c1-3-20-10-4-5-15(20)12-19-16(17)18-11-14-8-6-13(2)7-9-14;/h6-9,15H,3-5,10-12H2,1-2H3,(H3,17,18,19);1H. The highest BCUT2D eigenvalue weighted by Crippen LogP contribution is 2.15. The summed E-state index contributed by atoms with van der Waals surface area (Å²) in [4.78, 5) is 6.90. The van der Waals surface area contributed by atoms with Gasteiger partial charge >= 0.3 is 0 Å². The van der Waals surface area contributed by atoms with Gasteiger partial charge in [0.25, 0.3) is 0 Å². The zero-order valence-corrected chi connectivity index (χ0v) is 15.3. The van der Waals surface area contributed by atoms with Crippen LogP contribution in [0.25, 0.3) is 0 Å². The van der Waals surface area contributed by atoms with Crippen molar-refractivity contribution in [2.45, 2.75) is 39.3 Å². The number of nitrogens with two attached hydrogens (primary N) is 1. The maximum Gasteiger partial charge on any atom is 0.188 e. The Morgan fingerprint density at radius 2 is 2.10 bits per heavy atom. The number of likely N-dealkylation sites (tertiary alicyclic amines) is 1. The number of guanidine groups is 1. The van der Waals surface area contributed by atoms with Crippen molar-refractivity contribution in [3.05, 3.63) is 35.4 Å². The van der Waals surface area contributed by atoms with Gasteiger partial charge < -0.3 is 11.1 Å². The van der Waals surface area contributed by atoms with Gasteiger partial charge in [0.05, 0.1) is 6.54 Å². The maximum absolute atomic E-state index is 5.94. The summed E-state index contributed by atoms with van der Waals surface area (Å²) in [6, 6.07) is 9.01. The maximum atomic E-state index is 5.94. The Labute approximate surface area is 145 Å². The summed E-state index contributed by atoms with van der Waals surface area (Å²) < 4.78 is 0. The quantitative estimate of drug-likeness (QED) is 0.452. The Kier molecular flexibility index (Phi) is 8.03. The number of hydrogen-bond acceptors (Lipinski definition) is 2. The van der Waals surface area contributed by atoms with Gasteiger partial charge in [-0.1, -0.05) is 36.8 Å². The molecule has 1 atom stereocenters. The molecule has 4 nitrogen and oxygen atoms in total. The number of hydrogen-bond donors (Lipinski definition) is 2. The molecule has 1 aliphatic rings. The van der Waals surface area contributed by atoms with Gasteiger partial charge in [-0.2, -0.15) is 0 Å². The van der Waals surface area contributed by atoms with E-state index in [-0.39, 0.29) is 24.0 Å². The minimum absolute atomic E-state index is 0. The van der Waals surface area contributed by atoms with Gasteiger partial charge in [-0.25, -0.2) is 4.99 Å². The molecule has 2 rings (SSSR count). The summed E-state index contributed by atoms with van der Waals surface area (Å²) in [6.45, 7) is 8.17. The minimum Gasteiger partial charge on any atom is -0.370 e. The minimum atomic E-state index is 0. The first-order valence-corrected chi connectivity index (χ1v) is 7.52. The van der Waals surface area contributed by atoms with Crippen LogP contribution in [0.1, 0.15) is 30.9 Å². The van der Waals surface area contributed by atoms with Crippen LogP contribution in [0.2, 0.25) is 0 Å². The molecule has 21 heavy (non-hydrogen) atoms. The van der Waals surface area contributed by atoms with E-state index in [0.717, 1.165) is 13.1 Å². The van der Waals surface area contributed by atoms with Gasteiger partial charge in [-0.15, -0.1) is 24.0 Å². The van der Waals surface area contributed by atoms with E-state index in [1.807, 2.05) is 0 Å². The molecule has 118 valence electrons. The van der Waals surface area contributed by atoms with Crippen LogP contribution in [0, 0.1) is 6.92 Å². The van der Waals surface area contributed by atoms with Gasteiger partial charge in [0, 0.05) is 12.6 Å². The average molecular weight is 402 g/mol. The summed E-state index contributed by atoms with van der Waals surface area (Å²) in [5.41, 5.74) is 8.40. The zero-order chi connectivity index (χ0) is 14.4. The molecular formula is C16H27IN4. The van der Waals surface area contributed by atoms with E-state index < -0.39 is 0 Å². The van der Waals surface area contributed by atoms with Crippen molar-refractivity contribution in [3.63, 3.8) is 0 Å². The lowest BCUT2D eigenvalue weighted by Gasteiger charge is -2.23. The van der Waals surface area contributed by atoms with Gasteiger partial charge in [0.2, 0.25) is 0 Å². The van der Waals surface area contributed by atoms with Crippen molar-refractivity contribution >= 4 is 29.9 Å². The van der Waals surface area contributed by atoms with Gasteiger partial charge in [0.1, 0.15) is 0 Å². The second-order valence-corrected chi connectivity index (χ2v) is 5.49. The van der Waals surface area contributed by atoms with E-state index in [1.165, 1.54) is 30.5 Å². The lowest BCUT2D eigenvalue weighted by molar-refractivity contribution is 0.267. The van der Waals surface area contributed by atoms with Crippen LogP contribution >= 0.6 is 24.0 Å². The van der Waals surface area contributed by atoms with Crippen molar-refractivity contribution in [3.8, 4) is 0 Å². The van der Waals surface area contributed by atoms with Crippen molar-refractivity contribution in [2.75, 3.05) is 19.6 Å². The van der Waals surface area contributed by atoms with Crippen molar-refractivity contribution in [2.24, 2.45) is 10.7 Å². The Morgan fingerprint density at radius 3 is 2.76 bits per heavy atom. The number of rotatable bonds is 5. The molecule has 1 saturated heterocycles. The number of nitrogens with one attached hydrogen (secondary N) is 1. The highest BCUT2D eigenvalue weighted by Gasteiger charge is 2.22. The van der Waals surface area contributed by atoms with Crippen LogP contribution in [-0.2, 0) is 6.54 Å². The van der Waals surface area contributed by atoms with Gasteiger partial charge in [-0.3, -0.25) is 4.90 Å². The lowest BCUT2D eigenvalue weighted by atomic mass is 10.1. The Balaban J connectivity index is 0.00000220. The molecule has 1 unspecified atom stereocenters. The molecule has 0 amide bonds. The molecule has 0 saturated carbocycles. The second kappa shape index (κ2) is 9.25. The number of benzene rings is 1. The normalized spacial score (nSPS) is 19.3. The van der Waals surface area contributed by atoms with Crippen molar-refractivity contribution in [1.29, 1.82) is 0 Å². The molecule has 1 aliphatic heterocycles. The number of aryl methyl sites for hydroxylation is 1. The predicted molar refractivity (Wildman–Crippen MR) is 100 cm³/mol. The SMILES string of the molecule is CCN1CCCC1CNC(N)=NCc1ccc(C)cc1.I. The molecule has 1 heterocycles. The first-order chi connectivity index (χ1) is 9.69. The molecule has 1 fully saturated rings. The van der Waals surface area contributed by atoms with E-state index in [4.69, 9.17) is 5.73 Å². The molecule has 1 aromatic rings. The fraction of sp³-hybridized carbons (Fsp3) is 0.562. The summed E-state index contributed by atoms with van der Waals surface area (Å²) in [5, 5.41) is 3.26. The Hall–Kier alpha value is -0.820. The molecular weight excluding hydrogens is 375 g/mol. The van der Waals surface area contributed by atoms with E-state index in [9.17, 15) is 0 Å². The third kappa shape index (κ3) is 5.82. The third-order valence-electron chi connectivity index (χ3n) is 3.98. The van der Waals surface area contributed by atoms with Crippen LogP contribution in [0.3, 0.4) is 0 Å². The van der Waals surface area contributed by atoms with Crippen LogP contribution in [-0.4, -0.2) is 36.5 Å². The average Bonchev–Trinajstić information content (AvgIpc) is 2.92. The molecule has 0 bridgehead atoms. The Morgan fingerprint density at radius 1 is 1.38 bits per heavy atom. The molecule has 0 spiro atoms. The first kappa shape index (κ1) is 18.2. The molecule has 0 aromatic heterocycles. The Bertz CT molecular complexity index is 444. The van der Waals surface area contributed by atoms with E-state index in [1.54, 1.807) is 0 Å². The first-order valence-electron chi connectivity index (χ1n) is 7.52. The number of nitrogens with zero attached hydrogens (tertiary/aromatic N) is 2. The highest BCUT2D eigenvalue weighted by molar-refractivity contribution is 14.0. The summed E-state index contributed by atoms with van der Waals surface area (Å²) in [6.07, 6.45) is 2.55. The summed E-state index contributed by atoms with van der Waals surface area (Å²) in [7, 11) is 0. The smallest absolute Gasteiger partial charge is 0.188 e. The fourth-order valence-corrected chi connectivity index (χ4v) is 2.69. The van der Waals surface area contributed by atoms with Crippen molar-refractivity contribution < 1.29 is 0 Å². The molecule has 0 aliphatic carbocycles. The number of aliphatic imine (C=N–C) groups is 1. The second-order valence-electron chi connectivity index (χ2n) is 5.49. The molecule has 3 N–H and O–H groups in total. The number of likely N-dealkylation sites (N-methyl/N-ethyl adjacent to an activating group) is 1. The lowest BCUT2D eigenvalue weighted by Crippen LogP contribution is -2.42. The van der Waals surface area contributed by atoms with Crippen LogP contribution in [0.5, 0.6) is 0 Å². The van der Waals surface area contributed by atoms with Crippen LogP contribution < -0.4 is 11.1 Å². The molecule has 0 radical (unpaired) electrons. The largest absolute Gasteiger partial charge is 0.370 e.